The molecule has 35 heavy (non-hydrogen) atoms. The Labute approximate surface area is 208 Å². The van der Waals surface area contributed by atoms with Gasteiger partial charge >= 0.3 is 5.97 Å². The zero-order valence-electron chi connectivity index (χ0n) is 20.7. The van der Waals surface area contributed by atoms with E-state index in [1.807, 2.05) is 24.3 Å². The summed E-state index contributed by atoms with van der Waals surface area (Å²) in [4.78, 5) is 12.2. The molecule has 3 saturated heterocycles. The van der Waals surface area contributed by atoms with Crippen molar-refractivity contribution in [2.24, 2.45) is 11.8 Å². The minimum Gasteiger partial charge on any atom is -0.493 e. The second-order valence-electron chi connectivity index (χ2n) is 10.1. The molecule has 1 aromatic rings. The summed E-state index contributed by atoms with van der Waals surface area (Å²) < 4.78 is 36.4. The summed E-state index contributed by atoms with van der Waals surface area (Å²) in [6.07, 6.45) is 9.23. The van der Waals surface area contributed by atoms with Gasteiger partial charge in [-0.3, -0.25) is 4.79 Å². The number of hydrogen-bond acceptors (Lipinski definition) is 7. The van der Waals surface area contributed by atoms with Crippen LogP contribution in [0, 0.1) is 18.8 Å². The molecule has 3 aliphatic heterocycles. The molecule has 2 unspecified atom stereocenters. The first-order chi connectivity index (χ1) is 17.2. The largest absolute Gasteiger partial charge is 0.493 e. The van der Waals surface area contributed by atoms with Gasteiger partial charge in [0.05, 0.1) is 25.7 Å². The first-order valence-corrected chi connectivity index (χ1v) is 13.3. The van der Waals surface area contributed by atoms with Crippen molar-refractivity contribution < 1.29 is 33.2 Å². The molecule has 1 aromatic carbocycles. The zero-order valence-corrected chi connectivity index (χ0v) is 20.7. The van der Waals surface area contributed by atoms with E-state index in [0.29, 0.717) is 32.5 Å². The van der Waals surface area contributed by atoms with Gasteiger partial charge in [0.25, 0.3) is 0 Å². The summed E-state index contributed by atoms with van der Waals surface area (Å²) in [5.41, 5.74) is 1.21. The molecule has 192 valence electrons. The van der Waals surface area contributed by atoms with Crippen LogP contribution in [0.2, 0.25) is 0 Å². The van der Waals surface area contributed by atoms with E-state index in [9.17, 15) is 4.79 Å². The van der Waals surface area contributed by atoms with Crippen LogP contribution in [0.4, 0.5) is 0 Å². The normalized spacial score (nSPS) is 33.3. The van der Waals surface area contributed by atoms with E-state index < -0.39 is 0 Å². The monoisotopic (exact) mass is 486 g/mol. The molecular weight excluding hydrogens is 448 g/mol. The van der Waals surface area contributed by atoms with Crippen molar-refractivity contribution >= 4 is 5.97 Å². The van der Waals surface area contributed by atoms with Crippen molar-refractivity contribution in [2.45, 2.75) is 89.5 Å². The van der Waals surface area contributed by atoms with Crippen molar-refractivity contribution in [3.8, 4) is 5.75 Å². The maximum absolute atomic E-state index is 12.2. The van der Waals surface area contributed by atoms with Gasteiger partial charge in [-0.25, -0.2) is 0 Å². The Morgan fingerprint density at radius 3 is 2.49 bits per heavy atom. The lowest BCUT2D eigenvalue weighted by molar-refractivity contribution is -0.201. The van der Waals surface area contributed by atoms with Crippen LogP contribution < -0.4 is 4.74 Å². The quantitative estimate of drug-likeness (QED) is 0.275. The molecule has 3 heterocycles. The van der Waals surface area contributed by atoms with Gasteiger partial charge in [0, 0.05) is 37.7 Å². The number of ether oxygens (including phenoxy) is 6. The molecule has 4 fully saturated rings. The van der Waals surface area contributed by atoms with E-state index in [1.165, 1.54) is 5.56 Å². The molecule has 0 radical (unpaired) electrons. The first kappa shape index (κ1) is 24.6. The summed E-state index contributed by atoms with van der Waals surface area (Å²) in [6.45, 7) is 4.04. The highest BCUT2D eigenvalue weighted by molar-refractivity contribution is 5.72. The summed E-state index contributed by atoms with van der Waals surface area (Å²) in [7, 11) is 0. The third-order valence-electron chi connectivity index (χ3n) is 7.44. The highest BCUT2D eigenvalue weighted by atomic mass is 16.7. The molecule has 0 N–H and O–H groups in total. The predicted octanol–water partition coefficient (Wildman–Crippen LogP) is 5.05. The molecule has 7 nitrogen and oxygen atoms in total. The van der Waals surface area contributed by atoms with Crippen LogP contribution in [0.25, 0.3) is 0 Å². The third-order valence-corrected chi connectivity index (χ3v) is 7.44. The molecule has 0 bridgehead atoms. The van der Waals surface area contributed by atoms with Crippen LogP contribution in [0.1, 0.15) is 63.4 Å². The number of carbonyl (C=O) groups is 1. The van der Waals surface area contributed by atoms with Crippen LogP contribution in [0.15, 0.2) is 36.1 Å². The Hall–Kier alpha value is -2.09. The van der Waals surface area contributed by atoms with Gasteiger partial charge in [0.1, 0.15) is 17.6 Å². The molecule has 7 heteroatoms. The molecule has 1 aliphatic carbocycles. The summed E-state index contributed by atoms with van der Waals surface area (Å²) in [6, 6.07) is 8.07. The molecule has 0 spiro atoms. The van der Waals surface area contributed by atoms with Gasteiger partial charge in [0.15, 0.2) is 12.6 Å². The van der Waals surface area contributed by atoms with E-state index in [1.54, 1.807) is 0 Å². The van der Waals surface area contributed by atoms with Crippen LogP contribution in [0.3, 0.4) is 0 Å². The average Bonchev–Trinajstić information content (AvgIpc) is 3.38. The molecule has 1 saturated carbocycles. The third kappa shape index (κ3) is 6.38. The van der Waals surface area contributed by atoms with Crippen molar-refractivity contribution in [1.29, 1.82) is 0 Å². The first-order valence-electron chi connectivity index (χ1n) is 13.3. The molecule has 0 aromatic heterocycles. The fraction of sp³-hybridized carbons (Fsp3) is 0.679. The number of rotatable bonds is 9. The van der Waals surface area contributed by atoms with E-state index >= 15 is 0 Å². The SMILES string of the molecule is Cc1ccc(OCC/C=C(/OC2CCCCO2)[C@@H]2[C@@H]3CC(=O)O[C@@H]3C[C@H]2OC2CCCCO2)cc1. The van der Waals surface area contributed by atoms with E-state index in [2.05, 4.69) is 13.0 Å². The van der Waals surface area contributed by atoms with E-state index in [-0.39, 0.29) is 42.6 Å². The van der Waals surface area contributed by atoms with Crippen molar-refractivity contribution in [3.63, 3.8) is 0 Å². The number of benzene rings is 1. The minimum atomic E-state index is -0.267. The van der Waals surface area contributed by atoms with Crippen LogP contribution >= 0.6 is 0 Å². The number of carbonyl (C=O) groups excluding carboxylic acids is 1. The minimum absolute atomic E-state index is 0.0453. The highest BCUT2D eigenvalue weighted by Crippen LogP contribution is 2.47. The van der Waals surface area contributed by atoms with Crippen molar-refractivity contribution in [1.82, 2.24) is 0 Å². The number of hydrogen-bond donors (Lipinski definition) is 0. The van der Waals surface area contributed by atoms with Gasteiger partial charge in [-0.15, -0.1) is 0 Å². The van der Waals surface area contributed by atoms with Crippen molar-refractivity contribution in [3.05, 3.63) is 41.7 Å². The molecule has 4 aliphatic rings. The van der Waals surface area contributed by atoms with Crippen LogP contribution in [-0.2, 0) is 28.5 Å². The Morgan fingerprint density at radius 2 is 1.77 bits per heavy atom. The Bertz CT molecular complexity index is 855. The lowest BCUT2D eigenvalue weighted by atomic mass is 9.89. The molecule has 5 rings (SSSR count). The standard InChI is InChI=1S/C28H38O7/c1-19-10-12-20(13-11-19)30-16-6-7-22(34-26-8-2-4-14-31-26)28-21-17-25(29)33-23(21)18-24(28)35-27-9-3-5-15-32-27/h7,10-13,21,23-24,26-28H,2-6,8-9,14-18H2,1H3/b22-7+/t21-,23-,24-,26?,27?,28+/m1/s1. The van der Waals surface area contributed by atoms with Crippen molar-refractivity contribution in [2.75, 3.05) is 19.8 Å². The molecular formula is C28H38O7. The van der Waals surface area contributed by atoms with Gasteiger partial charge in [-0.2, -0.15) is 0 Å². The van der Waals surface area contributed by atoms with Gasteiger partial charge < -0.3 is 28.4 Å². The fourth-order valence-corrected chi connectivity index (χ4v) is 5.64. The smallest absolute Gasteiger partial charge is 0.306 e. The number of esters is 1. The predicted molar refractivity (Wildman–Crippen MR) is 129 cm³/mol. The number of fused-ring (bicyclic) bond motifs is 1. The van der Waals surface area contributed by atoms with Gasteiger partial charge in [0.2, 0.25) is 0 Å². The summed E-state index contributed by atoms with van der Waals surface area (Å²) in [5.74, 6) is 1.55. The van der Waals surface area contributed by atoms with Crippen LogP contribution in [0.5, 0.6) is 5.75 Å². The maximum Gasteiger partial charge on any atom is 0.306 e. The van der Waals surface area contributed by atoms with Crippen LogP contribution in [-0.4, -0.2) is 50.6 Å². The maximum atomic E-state index is 12.2. The Kier molecular flexibility index (Phi) is 8.27. The van der Waals surface area contributed by atoms with E-state index in [4.69, 9.17) is 28.4 Å². The second-order valence-corrected chi connectivity index (χ2v) is 10.1. The number of aryl methyl sites for hydroxylation is 1. The topological polar surface area (TPSA) is 72.5 Å². The Morgan fingerprint density at radius 1 is 1.03 bits per heavy atom. The average molecular weight is 487 g/mol. The Balaban J connectivity index is 1.31. The lowest BCUT2D eigenvalue weighted by Crippen LogP contribution is -2.34. The fourth-order valence-electron chi connectivity index (χ4n) is 5.64. The highest BCUT2D eigenvalue weighted by Gasteiger charge is 2.53. The lowest BCUT2D eigenvalue weighted by Gasteiger charge is -2.33. The summed E-state index contributed by atoms with van der Waals surface area (Å²) in [5, 5.41) is 0. The van der Waals surface area contributed by atoms with Gasteiger partial charge in [-0.1, -0.05) is 17.7 Å². The van der Waals surface area contributed by atoms with Gasteiger partial charge in [-0.05, 0) is 57.2 Å². The molecule has 6 atom stereocenters. The molecule has 0 amide bonds. The zero-order chi connectivity index (χ0) is 24.0. The summed E-state index contributed by atoms with van der Waals surface area (Å²) >= 11 is 0. The van der Waals surface area contributed by atoms with E-state index in [0.717, 1.165) is 56.6 Å². The second kappa shape index (κ2) is 11.8.